The van der Waals surface area contributed by atoms with Crippen LogP contribution in [0.1, 0.15) is 12.6 Å². The maximum atomic E-state index is 11.8. The van der Waals surface area contributed by atoms with E-state index in [2.05, 4.69) is 6.58 Å². The van der Waals surface area contributed by atoms with Crippen molar-refractivity contribution < 1.29 is 9.53 Å². The van der Waals surface area contributed by atoms with Crippen LogP contribution < -0.4 is 0 Å². The van der Waals surface area contributed by atoms with Crippen LogP contribution in [-0.4, -0.2) is 15.5 Å². The van der Waals surface area contributed by atoms with Gasteiger partial charge < -0.3 is 9.30 Å². The molecular formula is C21H20N2O2. The predicted octanol–water partition coefficient (Wildman–Crippen LogP) is 4.37. The Labute approximate surface area is 147 Å². The Morgan fingerprint density at radius 2 is 1.60 bits per heavy atom. The van der Waals surface area contributed by atoms with Crippen molar-refractivity contribution in [1.29, 1.82) is 0 Å². The Balaban J connectivity index is 2.06. The van der Waals surface area contributed by atoms with Gasteiger partial charge in [-0.05, 0) is 6.92 Å². The van der Waals surface area contributed by atoms with E-state index >= 15 is 0 Å². The van der Waals surface area contributed by atoms with E-state index in [1.54, 1.807) is 6.92 Å². The van der Waals surface area contributed by atoms with Crippen molar-refractivity contribution >= 4 is 5.97 Å². The third-order valence-corrected chi connectivity index (χ3v) is 3.98. The number of nitrogens with zero attached hydrogens (tertiary/aromatic N) is 2. The fourth-order valence-electron chi connectivity index (χ4n) is 2.63. The Morgan fingerprint density at radius 3 is 2.16 bits per heavy atom. The molecule has 0 aliphatic rings. The van der Waals surface area contributed by atoms with Gasteiger partial charge in [-0.1, -0.05) is 67.2 Å². The van der Waals surface area contributed by atoms with Crippen LogP contribution in [0, 0.1) is 0 Å². The molecule has 0 N–H and O–H groups in total. The largest absolute Gasteiger partial charge is 0.456 e. The van der Waals surface area contributed by atoms with E-state index in [1.165, 1.54) is 0 Å². The van der Waals surface area contributed by atoms with Gasteiger partial charge >= 0.3 is 5.97 Å². The first-order chi connectivity index (χ1) is 12.1. The highest BCUT2D eigenvalue weighted by atomic mass is 16.5. The number of esters is 1. The van der Waals surface area contributed by atoms with E-state index in [0.29, 0.717) is 5.57 Å². The third-order valence-electron chi connectivity index (χ3n) is 3.98. The van der Waals surface area contributed by atoms with E-state index in [-0.39, 0.29) is 6.61 Å². The molecule has 25 heavy (non-hydrogen) atoms. The summed E-state index contributed by atoms with van der Waals surface area (Å²) in [4.78, 5) is 16.6. The molecule has 126 valence electrons. The van der Waals surface area contributed by atoms with Gasteiger partial charge in [0, 0.05) is 23.7 Å². The van der Waals surface area contributed by atoms with Crippen LogP contribution in [0.15, 0.2) is 72.8 Å². The molecular weight excluding hydrogens is 312 g/mol. The summed E-state index contributed by atoms with van der Waals surface area (Å²) in [6.07, 6.45) is 0. The highest BCUT2D eigenvalue weighted by Crippen LogP contribution is 2.29. The zero-order valence-corrected chi connectivity index (χ0v) is 14.4. The lowest BCUT2D eigenvalue weighted by Gasteiger charge is -2.09. The summed E-state index contributed by atoms with van der Waals surface area (Å²) < 4.78 is 7.36. The quantitative estimate of drug-likeness (QED) is 0.515. The lowest BCUT2D eigenvalue weighted by Crippen LogP contribution is -2.08. The molecule has 0 amide bonds. The van der Waals surface area contributed by atoms with Gasteiger partial charge in [0.1, 0.15) is 12.4 Å². The van der Waals surface area contributed by atoms with Crippen LogP contribution in [0.4, 0.5) is 0 Å². The van der Waals surface area contributed by atoms with Gasteiger partial charge in [0.15, 0.2) is 0 Å². The molecule has 0 bridgehead atoms. The second-order valence-electron chi connectivity index (χ2n) is 5.88. The molecule has 0 fully saturated rings. The Bertz CT molecular complexity index is 896. The Kier molecular flexibility index (Phi) is 4.80. The van der Waals surface area contributed by atoms with Gasteiger partial charge in [-0.3, -0.25) is 0 Å². The molecule has 4 heteroatoms. The normalized spacial score (nSPS) is 10.5. The first-order valence-electron chi connectivity index (χ1n) is 8.07. The third kappa shape index (κ3) is 3.53. The topological polar surface area (TPSA) is 44.1 Å². The first kappa shape index (κ1) is 16.7. The molecule has 0 aliphatic carbocycles. The van der Waals surface area contributed by atoms with E-state index in [9.17, 15) is 4.79 Å². The summed E-state index contributed by atoms with van der Waals surface area (Å²) in [5, 5.41) is 0. The summed E-state index contributed by atoms with van der Waals surface area (Å²) in [5.41, 5.74) is 4.05. The summed E-state index contributed by atoms with van der Waals surface area (Å²) in [6, 6.07) is 19.9. The molecule has 0 atom stereocenters. The van der Waals surface area contributed by atoms with Crippen LogP contribution in [0.3, 0.4) is 0 Å². The number of rotatable bonds is 5. The minimum absolute atomic E-state index is 0.145. The molecule has 4 nitrogen and oxygen atoms in total. The predicted molar refractivity (Wildman–Crippen MR) is 98.7 cm³/mol. The summed E-state index contributed by atoms with van der Waals surface area (Å²) in [6.45, 7) is 5.41. The van der Waals surface area contributed by atoms with E-state index in [1.807, 2.05) is 72.3 Å². The number of benzene rings is 2. The molecule has 3 aromatic rings. The summed E-state index contributed by atoms with van der Waals surface area (Å²) >= 11 is 0. The van der Waals surface area contributed by atoms with Gasteiger partial charge in [-0.15, -0.1) is 0 Å². The Hall–Kier alpha value is -3.14. The molecule has 1 aromatic heterocycles. The van der Waals surface area contributed by atoms with Crippen LogP contribution in [0.5, 0.6) is 0 Å². The molecule has 0 spiro atoms. The molecule has 0 unspecified atom stereocenters. The van der Waals surface area contributed by atoms with Crippen molar-refractivity contribution in [2.24, 2.45) is 7.05 Å². The number of carbonyl (C=O) groups excluding carboxylic acids is 1. The second-order valence-corrected chi connectivity index (χ2v) is 5.88. The van der Waals surface area contributed by atoms with Crippen LogP contribution in [0.2, 0.25) is 0 Å². The fourth-order valence-corrected chi connectivity index (χ4v) is 2.63. The molecule has 1 heterocycles. The summed E-state index contributed by atoms with van der Waals surface area (Å²) in [7, 11) is 1.94. The standard InChI is InChI=1S/C21H20N2O2/c1-15(2)21(24)25-14-18-19(16-10-6-4-7-11-16)22-20(23(18)3)17-12-8-5-9-13-17/h4-13H,1,14H2,2-3H3. The van der Waals surface area contributed by atoms with Crippen LogP contribution >= 0.6 is 0 Å². The SMILES string of the molecule is C=C(C)C(=O)OCc1c(-c2ccccc2)nc(-c2ccccc2)n1C. The molecule has 0 radical (unpaired) electrons. The van der Waals surface area contributed by atoms with Gasteiger partial charge in [0.25, 0.3) is 0 Å². The molecule has 2 aromatic carbocycles. The summed E-state index contributed by atoms with van der Waals surface area (Å²) in [5.74, 6) is 0.433. The van der Waals surface area contributed by atoms with E-state index in [4.69, 9.17) is 9.72 Å². The molecule has 0 saturated carbocycles. The van der Waals surface area contributed by atoms with E-state index in [0.717, 1.165) is 28.3 Å². The van der Waals surface area contributed by atoms with Crippen molar-refractivity contribution in [1.82, 2.24) is 9.55 Å². The molecule has 0 aliphatic heterocycles. The number of imidazole rings is 1. The van der Waals surface area contributed by atoms with Crippen molar-refractivity contribution in [3.05, 3.63) is 78.5 Å². The number of carbonyl (C=O) groups is 1. The first-order valence-corrected chi connectivity index (χ1v) is 8.07. The lowest BCUT2D eigenvalue weighted by atomic mass is 10.1. The number of hydrogen-bond donors (Lipinski definition) is 0. The maximum absolute atomic E-state index is 11.8. The zero-order valence-electron chi connectivity index (χ0n) is 14.4. The second kappa shape index (κ2) is 7.18. The fraction of sp³-hybridized carbons (Fsp3) is 0.143. The number of aromatic nitrogens is 2. The van der Waals surface area contributed by atoms with Crippen LogP contribution in [-0.2, 0) is 23.2 Å². The zero-order chi connectivity index (χ0) is 17.8. The van der Waals surface area contributed by atoms with Crippen molar-refractivity contribution in [3.8, 4) is 22.6 Å². The van der Waals surface area contributed by atoms with Crippen molar-refractivity contribution in [3.63, 3.8) is 0 Å². The maximum Gasteiger partial charge on any atom is 0.333 e. The minimum Gasteiger partial charge on any atom is -0.456 e. The molecule has 0 saturated heterocycles. The number of hydrogen-bond acceptors (Lipinski definition) is 3. The van der Waals surface area contributed by atoms with Gasteiger partial charge in [-0.2, -0.15) is 0 Å². The minimum atomic E-state index is -0.401. The average molecular weight is 332 g/mol. The van der Waals surface area contributed by atoms with Gasteiger partial charge in [0.2, 0.25) is 0 Å². The number of ether oxygens (including phenoxy) is 1. The smallest absolute Gasteiger partial charge is 0.333 e. The van der Waals surface area contributed by atoms with Gasteiger partial charge in [-0.25, -0.2) is 9.78 Å². The van der Waals surface area contributed by atoms with Gasteiger partial charge in [0.05, 0.1) is 11.4 Å². The van der Waals surface area contributed by atoms with E-state index < -0.39 is 5.97 Å². The monoisotopic (exact) mass is 332 g/mol. The lowest BCUT2D eigenvalue weighted by molar-refractivity contribution is -0.140. The molecule has 3 rings (SSSR count). The Morgan fingerprint density at radius 1 is 1.04 bits per heavy atom. The van der Waals surface area contributed by atoms with Crippen molar-refractivity contribution in [2.75, 3.05) is 0 Å². The highest BCUT2D eigenvalue weighted by molar-refractivity contribution is 5.87. The van der Waals surface area contributed by atoms with Crippen LogP contribution in [0.25, 0.3) is 22.6 Å². The van der Waals surface area contributed by atoms with Crippen molar-refractivity contribution in [2.45, 2.75) is 13.5 Å². The highest BCUT2D eigenvalue weighted by Gasteiger charge is 2.18. The average Bonchev–Trinajstić information content (AvgIpc) is 2.97.